The highest BCUT2D eigenvalue weighted by Crippen LogP contribution is 2.29. The first kappa shape index (κ1) is 12.1. The quantitative estimate of drug-likeness (QED) is 0.483. The number of hydrogen-bond acceptors (Lipinski definition) is 5. The standard InChI is InChI=1S/C11H14N2O3S/c1-15-3-2-4-17-10-6-8-9(5-7(10)12)16-11(14)13-8/h5-6H,2-4,12H2,1H3,(H,13,14). The molecule has 0 fully saturated rings. The molecule has 17 heavy (non-hydrogen) atoms. The number of nitrogens with two attached hydrogens (primary N) is 1. The Morgan fingerprint density at radius 3 is 3.12 bits per heavy atom. The van der Waals surface area contributed by atoms with E-state index in [0.717, 1.165) is 23.7 Å². The van der Waals surface area contributed by atoms with Crippen molar-refractivity contribution in [2.45, 2.75) is 11.3 Å². The van der Waals surface area contributed by atoms with E-state index < -0.39 is 5.76 Å². The van der Waals surface area contributed by atoms with Gasteiger partial charge in [-0.3, -0.25) is 4.98 Å². The number of ether oxygens (including phenoxy) is 1. The topological polar surface area (TPSA) is 81.2 Å². The molecule has 0 unspecified atom stereocenters. The van der Waals surface area contributed by atoms with Crippen molar-refractivity contribution in [2.24, 2.45) is 0 Å². The third kappa shape index (κ3) is 2.83. The fourth-order valence-corrected chi connectivity index (χ4v) is 2.41. The van der Waals surface area contributed by atoms with Gasteiger partial charge >= 0.3 is 5.76 Å². The molecule has 0 saturated carbocycles. The monoisotopic (exact) mass is 254 g/mol. The van der Waals surface area contributed by atoms with Crippen molar-refractivity contribution < 1.29 is 9.15 Å². The largest absolute Gasteiger partial charge is 0.417 e. The van der Waals surface area contributed by atoms with Gasteiger partial charge in [-0.2, -0.15) is 0 Å². The van der Waals surface area contributed by atoms with Crippen molar-refractivity contribution in [3.05, 3.63) is 22.7 Å². The van der Waals surface area contributed by atoms with Crippen molar-refractivity contribution in [3.63, 3.8) is 0 Å². The SMILES string of the molecule is COCCCSc1cc2[nH]c(=O)oc2cc1N. The van der Waals surface area contributed by atoms with Gasteiger partial charge in [-0.15, -0.1) is 11.8 Å². The Morgan fingerprint density at radius 1 is 1.53 bits per heavy atom. The molecule has 0 radical (unpaired) electrons. The van der Waals surface area contributed by atoms with Crippen LogP contribution in [0.3, 0.4) is 0 Å². The summed E-state index contributed by atoms with van der Waals surface area (Å²) in [5, 5.41) is 0. The van der Waals surface area contributed by atoms with E-state index in [1.165, 1.54) is 0 Å². The number of oxazole rings is 1. The molecule has 2 rings (SSSR count). The maximum Gasteiger partial charge on any atom is 0.417 e. The zero-order valence-corrected chi connectivity index (χ0v) is 10.3. The number of aromatic nitrogens is 1. The number of methoxy groups -OCH3 is 1. The fourth-order valence-electron chi connectivity index (χ4n) is 1.50. The van der Waals surface area contributed by atoms with E-state index in [1.807, 2.05) is 6.07 Å². The van der Waals surface area contributed by atoms with Crippen LogP contribution in [0.2, 0.25) is 0 Å². The minimum atomic E-state index is -0.457. The Labute approximate surface area is 102 Å². The molecule has 6 heteroatoms. The highest BCUT2D eigenvalue weighted by Gasteiger charge is 2.06. The van der Waals surface area contributed by atoms with E-state index in [-0.39, 0.29) is 0 Å². The van der Waals surface area contributed by atoms with E-state index in [9.17, 15) is 4.79 Å². The first-order valence-corrected chi connectivity index (χ1v) is 6.23. The van der Waals surface area contributed by atoms with Crippen LogP contribution in [0.15, 0.2) is 26.2 Å². The molecule has 1 heterocycles. The lowest BCUT2D eigenvalue weighted by Gasteiger charge is -2.04. The summed E-state index contributed by atoms with van der Waals surface area (Å²) in [5.74, 6) is 0.465. The second-order valence-electron chi connectivity index (χ2n) is 3.60. The Hall–Kier alpha value is -1.40. The maximum absolute atomic E-state index is 11.0. The van der Waals surface area contributed by atoms with Crippen LogP contribution in [0.4, 0.5) is 5.69 Å². The Balaban J connectivity index is 2.16. The van der Waals surface area contributed by atoms with Crippen molar-refractivity contribution in [1.29, 1.82) is 0 Å². The van der Waals surface area contributed by atoms with Crippen LogP contribution in [0.1, 0.15) is 6.42 Å². The number of nitrogen functional groups attached to an aromatic ring is 1. The molecule has 92 valence electrons. The van der Waals surface area contributed by atoms with E-state index in [4.69, 9.17) is 14.9 Å². The molecule has 1 aromatic carbocycles. The molecule has 0 spiro atoms. The van der Waals surface area contributed by atoms with Crippen LogP contribution in [-0.2, 0) is 4.74 Å². The lowest BCUT2D eigenvalue weighted by Crippen LogP contribution is -1.93. The minimum absolute atomic E-state index is 0.457. The van der Waals surface area contributed by atoms with Crippen molar-refractivity contribution in [3.8, 4) is 0 Å². The van der Waals surface area contributed by atoms with Crippen LogP contribution in [0.5, 0.6) is 0 Å². The van der Waals surface area contributed by atoms with E-state index in [2.05, 4.69) is 4.98 Å². The molecule has 0 amide bonds. The van der Waals surface area contributed by atoms with Crippen LogP contribution in [0, 0.1) is 0 Å². The van der Waals surface area contributed by atoms with Crippen molar-refractivity contribution >= 4 is 28.5 Å². The fraction of sp³-hybridized carbons (Fsp3) is 0.364. The molecule has 0 saturated heterocycles. The lowest BCUT2D eigenvalue weighted by atomic mass is 10.3. The van der Waals surface area contributed by atoms with Crippen molar-refractivity contribution in [1.82, 2.24) is 4.98 Å². The summed E-state index contributed by atoms with van der Waals surface area (Å²) in [6, 6.07) is 3.51. The Bertz CT molecular complexity index is 561. The molecule has 2 aromatic rings. The number of anilines is 1. The third-order valence-electron chi connectivity index (χ3n) is 2.30. The van der Waals surface area contributed by atoms with Crippen LogP contribution >= 0.6 is 11.8 Å². The lowest BCUT2D eigenvalue weighted by molar-refractivity contribution is 0.200. The van der Waals surface area contributed by atoms with Gasteiger partial charge in [0, 0.05) is 36.1 Å². The molecule has 1 aromatic heterocycles. The molecule has 5 nitrogen and oxygen atoms in total. The van der Waals surface area contributed by atoms with Gasteiger partial charge in [-0.25, -0.2) is 4.79 Å². The predicted octanol–water partition coefficient (Wildman–Crippen LogP) is 1.83. The highest BCUT2D eigenvalue weighted by molar-refractivity contribution is 7.99. The second kappa shape index (κ2) is 5.29. The number of hydrogen-bond donors (Lipinski definition) is 2. The summed E-state index contributed by atoms with van der Waals surface area (Å²) in [6.45, 7) is 0.734. The summed E-state index contributed by atoms with van der Waals surface area (Å²) in [5.41, 5.74) is 7.68. The highest BCUT2D eigenvalue weighted by atomic mass is 32.2. The summed E-state index contributed by atoms with van der Waals surface area (Å²) in [6.07, 6.45) is 0.959. The van der Waals surface area contributed by atoms with E-state index >= 15 is 0 Å². The van der Waals surface area contributed by atoms with Gasteiger partial charge in [-0.05, 0) is 12.5 Å². The predicted molar refractivity (Wildman–Crippen MR) is 68.5 cm³/mol. The third-order valence-corrected chi connectivity index (χ3v) is 3.46. The van der Waals surface area contributed by atoms with Gasteiger partial charge in [0.25, 0.3) is 0 Å². The second-order valence-corrected chi connectivity index (χ2v) is 4.73. The van der Waals surface area contributed by atoms with E-state index in [1.54, 1.807) is 24.9 Å². The molecule has 0 aliphatic heterocycles. The van der Waals surface area contributed by atoms with Gasteiger partial charge in [0.2, 0.25) is 0 Å². The van der Waals surface area contributed by atoms with Crippen molar-refractivity contribution in [2.75, 3.05) is 25.2 Å². The zero-order chi connectivity index (χ0) is 12.3. The molecular weight excluding hydrogens is 240 g/mol. The van der Waals surface area contributed by atoms with Gasteiger partial charge in [0.15, 0.2) is 5.58 Å². The number of fused-ring (bicyclic) bond motifs is 1. The molecule has 3 N–H and O–H groups in total. The van der Waals surface area contributed by atoms with Crippen LogP contribution in [-0.4, -0.2) is 24.5 Å². The molecule has 0 aliphatic carbocycles. The minimum Gasteiger partial charge on any atom is -0.408 e. The first-order valence-electron chi connectivity index (χ1n) is 5.25. The summed E-state index contributed by atoms with van der Waals surface area (Å²) in [4.78, 5) is 14.6. The Kier molecular flexibility index (Phi) is 3.75. The van der Waals surface area contributed by atoms with Crippen LogP contribution in [0.25, 0.3) is 11.1 Å². The smallest absolute Gasteiger partial charge is 0.408 e. The van der Waals surface area contributed by atoms with E-state index in [0.29, 0.717) is 16.8 Å². The molecular formula is C11H14N2O3S. The number of thioether (sulfide) groups is 1. The number of nitrogens with one attached hydrogen (secondary N) is 1. The molecule has 0 bridgehead atoms. The number of H-pyrrole nitrogens is 1. The first-order chi connectivity index (χ1) is 8.20. The normalized spacial score (nSPS) is 11.1. The average molecular weight is 254 g/mol. The number of aromatic amines is 1. The number of rotatable bonds is 5. The molecule has 0 aliphatic rings. The molecule has 0 atom stereocenters. The average Bonchev–Trinajstić information content (AvgIpc) is 2.63. The maximum atomic E-state index is 11.0. The van der Waals surface area contributed by atoms with Gasteiger partial charge in [-0.1, -0.05) is 0 Å². The van der Waals surface area contributed by atoms with Crippen LogP contribution < -0.4 is 11.5 Å². The zero-order valence-electron chi connectivity index (χ0n) is 9.49. The van der Waals surface area contributed by atoms with Gasteiger partial charge < -0.3 is 14.9 Å². The van der Waals surface area contributed by atoms with Gasteiger partial charge in [0.1, 0.15) is 0 Å². The summed E-state index contributed by atoms with van der Waals surface area (Å²) >= 11 is 1.64. The summed E-state index contributed by atoms with van der Waals surface area (Å²) in [7, 11) is 1.68. The van der Waals surface area contributed by atoms with Gasteiger partial charge in [0.05, 0.1) is 5.52 Å². The summed E-state index contributed by atoms with van der Waals surface area (Å²) < 4.78 is 9.90. The number of benzene rings is 1. The Morgan fingerprint density at radius 2 is 2.35 bits per heavy atom.